The molecular formula is C6H11Br. The van der Waals surface area contributed by atoms with Crippen LogP contribution in [0.15, 0.2) is 12.2 Å². The molecule has 0 aliphatic heterocycles. The Morgan fingerprint density at radius 2 is 2.29 bits per heavy atom. The molecule has 0 atom stereocenters. The van der Waals surface area contributed by atoms with Crippen molar-refractivity contribution in [2.24, 2.45) is 0 Å². The highest BCUT2D eigenvalue weighted by molar-refractivity contribution is 9.09. The first-order chi connectivity index (χ1) is 3.41. The van der Waals surface area contributed by atoms with Crippen LogP contribution in [0.5, 0.6) is 0 Å². The summed E-state index contributed by atoms with van der Waals surface area (Å²) in [5.41, 5.74) is 0. The van der Waals surface area contributed by atoms with Crippen LogP contribution in [0.2, 0.25) is 0 Å². The first-order valence-corrected chi connectivity index (χ1v) is 3.71. The SMILES string of the molecule is CC=CCCCBr. The maximum Gasteiger partial charge on any atom is 0.00342 e. The summed E-state index contributed by atoms with van der Waals surface area (Å²) < 4.78 is 0. The Kier molecular flexibility index (Phi) is 6.42. The van der Waals surface area contributed by atoms with E-state index in [9.17, 15) is 0 Å². The lowest BCUT2D eigenvalue weighted by molar-refractivity contribution is 0.977. The Morgan fingerprint density at radius 3 is 2.71 bits per heavy atom. The second-order valence-electron chi connectivity index (χ2n) is 1.40. The molecule has 0 amide bonds. The van der Waals surface area contributed by atoms with Crippen LogP contribution in [0.4, 0.5) is 0 Å². The van der Waals surface area contributed by atoms with E-state index in [0.29, 0.717) is 0 Å². The quantitative estimate of drug-likeness (QED) is 0.341. The predicted octanol–water partition coefficient (Wildman–Crippen LogP) is 2.74. The molecular weight excluding hydrogens is 152 g/mol. The van der Waals surface area contributed by atoms with Gasteiger partial charge in [0.25, 0.3) is 0 Å². The topological polar surface area (TPSA) is 0 Å². The molecule has 0 aromatic carbocycles. The lowest BCUT2D eigenvalue weighted by atomic mass is 10.3. The summed E-state index contributed by atoms with van der Waals surface area (Å²) in [7, 11) is 0. The number of rotatable bonds is 3. The van der Waals surface area contributed by atoms with E-state index in [1.807, 2.05) is 6.92 Å². The van der Waals surface area contributed by atoms with E-state index in [0.717, 1.165) is 5.33 Å². The van der Waals surface area contributed by atoms with Gasteiger partial charge in [0, 0.05) is 5.33 Å². The Balaban J connectivity index is 2.69. The fraction of sp³-hybridized carbons (Fsp3) is 0.667. The van der Waals surface area contributed by atoms with Crippen LogP contribution in [0.1, 0.15) is 19.8 Å². The first-order valence-electron chi connectivity index (χ1n) is 2.59. The molecule has 0 saturated heterocycles. The molecule has 0 unspecified atom stereocenters. The van der Waals surface area contributed by atoms with Crippen LogP contribution in [-0.2, 0) is 0 Å². The molecule has 0 aromatic rings. The summed E-state index contributed by atoms with van der Waals surface area (Å²) in [6, 6.07) is 0. The molecule has 0 rings (SSSR count). The van der Waals surface area contributed by atoms with Gasteiger partial charge in [-0.25, -0.2) is 0 Å². The molecule has 7 heavy (non-hydrogen) atoms. The van der Waals surface area contributed by atoms with Gasteiger partial charge >= 0.3 is 0 Å². The van der Waals surface area contributed by atoms with Crippen LogP contribution in [0.3, 0.4) is 0 Å². The molecule has 0 bridgehead atoms. The molecule has 0 radical (unpaired) electrons. The van der Waals surface area contributed by atoms with Crippen molar-refractivity contribution in [3.63, 3.8) is 0 Å². The highest BCUT2D eigenvalue weighted by atomic mass is 79.9. The van der Waals surface area contributed by atoms with Gasteiger partial charge in [0.15, 0.2) is 0 Å². The van der Waals surface area contributed by atoms with E-state index in [1.165, 1.54) is 12.8 Å². The highest BCUT2D eigenvalue weighted by Gasteiger charge is 1.74. The standard InChI is InChI=1S/C6H11Br/c1-2-3-4-5-6-7/h2-3H,4-6H2,1H3. The minimum Gasteiger partial charge on any atom is -0.0928 e. The molecule has 1 heteroatoms. The zero-order valence-electron chi connectivity index (χ0n) is 4.65. The van der Waals surface area contributed by atoms with Crippen LogP contribution in [-0.4, -0.2) is 5.33 Å². The second-order valence-corrected chi connectivity index (χ2v) is 2.19. The van der Waals surface area contributed by atoms with Gasteiger partial charge in [0.1, 0.15) is 0 Å². The average Bonchev–Trinajstić information content (AvgIpc) is 1.69. The number of hydrogen-bond acceptors (Lipinski definition) is 0. The van der Waals surface area contributed by atoms with Gasteiger partial charge in [-0.2, -0.15) is 0 Å². The fourth-order valence-electron chi connectivity index (χ4n) is 0.362. The molecule has 0 heterocycles. The molecule has 0 N–H and O–H groups in total. The molecule has 42 valence electrons. The molecule has 0 aromatic heterocycles. The lowest BCUT2D eigenvalue weighted by Gasteiger charge is -1.82. The minimum absolute atomic E-state index is 1.12. The van der Waals surface area contributed by atoms with Crippen LogP contribution in [0.25, 0.3) is 0 Å². The second kappa shape index (κ2) is 6.22. The lowest BCUT2D eigenvalue weighted by Crippen LogP contribution is -1.67. The summed E-state index contributed by atoms with van der Waals surface area (Å²) in [6.07, 6.45) is 6.73. The van der Waals surface area contributed by atoms with Crippen molar-refractivity contribution in [1.29, 1.82) is 0 Å². The van der Waals surface area contributed by atoms with Crippen molar-refractivity contribution < 1.29 is 0 Å². The van der Waals surface area contributed by atoms with E-state index < -0.39 is 0 Å². The fourth-order valence-corrected chi connectivity index (χ4v) is 0.685. The molecule has 0 aliphatic carbocycles. The van der Waals surface area contributed by atoms with Gasteiger partial charge in [0.2, 0.25) is 0 Å². The minimum atomic E-state index is 1.12. The van der Waals surface area contributed by atoms with Crippen molar-refractivity contribution in [1.82, 2.24) is 0 Å². The van der Waals surface area contributed by atoms with Crippen LogP contribution >= 0.6 is 15.9 Å². The summed E-state index contributed by atoms with van der Waals surface area (Å²) >= 11 is 3.35. The van der Waals surface area contributed by atoms with Crippen molar-refractivity contribution in [3.8, 4) is 0 Å². The maximum atomic E-state index is 3.35. The van der Waals surface area contributed by atoms with Gasteiger partial charge in [-0.3, -0.25) is 0 Å². The van der Waals surface area contributed by atoms with E-state index in [-0.39, 0.29) is 0 Å². The van der Waals surface area contributed by atoms with E-state index in [2.05, 4.69) is 28.1 Å². The molecule has 0 saturated carbocycles. The smallest absolute Gasteiger partial charge is 0.00342 e. The van der Waals surface area contributed by atoms with Crippen LogP contribution < -0.4 is 0 Å². The van der Waals surface area contributed by atoms with E-state index in [1.54, 1.807) is 0 Å². The zero-order chi connectivity index (χ0) is 5.54. The maximum absolute atomic E-state index is 3.35. The van der Waals surface area contributed by atoms with Gasteiger partial charge < -0.3 is 0 Å². The monoisotopic (exact) mass is 162 g/mol. The van der Waals surface area contributed by atoms with E-state index >= 15 is 0 Å². The Morgan fingerprint density at radius 1 is 1.57 bits per heavy atom. The number of allylic oxidation sites excluding steroid dienone is 2. The van der Waals surface area contributed by atoms with Gasteiger partial charge in [-0.1, -0.05) is 28.1 Å². The largest absolute Gasteiger partial charge is 0.0928 e. The van der Waals surface area contributed by atoms with Gasteiger partial charge in [0.05, 0.1) is 0 Å². The van der Waals surface area contributed by atoms with Gasteiger partial charge in [-0.15, -0.1) is 0 Å². The molecule has 0 nitrogen and oxygen atoms in total. The molecule has 0 aliphatic rings. The number of unbranched alkanes of at least 4 members (excludes halogenated alkanes) is 1. The molecule has 0 spiro atoms. The van der Waals surface area contributed by atoms with Crippen molar-refractivity contribution >= 4 is 15.9 Å². The van der Waals surface area contributed by atoms with Crippen molar-refractivity contribution in [3.05, 3.63) is 12.2 Å². The zero-order valence-corrected chi connectivity index (χ0v) is 6.24. The average molecular weight is 163 g/mol. The van der Waals surface area contributed by atoms with Gasteiger partial charge in [-0.05, 0) is 19.8 Å². The predicted molar refractivity (Wildman–Crippen MR) is 37.8 cm³/mol. The Bertz CT molecular complexity index is 48.1. The number of alkyl halides is 1. The number of halogens is 1. The summed E-state index contributed by atoms with van der Waals surface area (Å²) in [5.74, 6) is 0. The van der Waals surface area contributed by atoms with Crippen LogP contribution in [0, 0.1) is 0 Å². The van der Waals surface area contributed by atoms with Crippen molar-refractivity contribution in [2.75, 3.05) is 5.33 Å². The van der Waals surface area contributed by atoms with Crippen molar-refractivity contribution in [2.45, 2.75) is 19.8 Å². The Labute approximate surface area is 53.7 Å². The normalized spacial score (nSPS) is 10.6. The third kappa shape index (κ3) is 6.22. The third-order valence-corrected chi connectivity index (χ3v) is 1.30. The molecule has 0 fully saturated rings. The summed E-state index contributed by atoms with van der Waals surface area (Å²) in [5, 5.41) is 1.12. The Hall–Kier alpha value is 0.220. The summed E-state index contributed by atoms with van der Waals surface area (Å²) in [4.78, 5) is 0. The third-order valence-electron chi connectivity index (χ3n) is 0.740. The first kappa shape index (κ1) is 7.22. The highest BCUT2D eigenvalue weighted by Crippen LogP contribution is 1.93. The van der Waals surface area contributed by atoms with E-state index in [4.69, 9.17) is 0 Å². The summed E-state index contributed by atoms with van der Waals surface area (Å²) in [6.45, 7) is 2.05. The number of hydrogen-bond donors (Lipinski definition) is 0.